The van der Waals surface area contributed by atoms with Crippen molar-refractivity contribution >= 4 is 17.4 Å². The quantitative estimate of drug-likeness (QED) is 0.561. The molecule has 152 valence electrons. The number of rotatable bonds is 3. The highest BCUT2D eigenvalue weighted by atomic mass is 19.4. The van der Waals surface area contributed by atoms with Gasteiger partial charge in [-0.25, -0.2) is 4.68 Å². The Balaban J connectivity index is 1.65. The van der Waals surface area contributed by atoms with Crippen LogP contribution in [0.3, 0.4) is 0 Å². The average Bonchev–Trinajstić information content (AvgIpc) is 3.32. The molecule has 3 N–H and O–H groups in total. The first-order chi connectivity index (χ1) is 13.7. The number of amides is 1. The molecule has 3 heterocycles. The first-order valence-corrected chi connectivity index (χ1v) is 8.79. The van der Waals surface area contributed by atoms with Gasteiger partial charge in [0.15, 0.2) is 11.7 Å². The van der Waals surface area contributed by atoms with Crippen molar-refractivity contribution in [2.24, 2.45) is 0 Å². The lowest BCUT2D eigenvalue weighted by Crippen LogP contribution is -2.35. The van der Waals surface area contributed by atoms with Crippen LogP contribution in [0.1, 0.15) is 40.3 Å². The summed E-state index contributed by atoms with van der Waals surface area (Å²) in [6, 6.07) is 6.43. The highest BCUT2D eigenvalue weighted by Gasteiger charge is 2.47. The van der Waals surface area contributed by atoms with Gasteiger partial charge in [0, 0.05) is 12.5 Å². The van der Waals surface area contributed by atoms with Crippen molar-refractivity contribution in [3.63, 3.8) is 0 Å². The lowest BCUT2D eigenvalue weighted by molar-refractivity contribution is -0.174. The number of anilines is 2. The Hall–Kier alpha value is -3.43. The van der Waals surface area contributed by atoms with E-state index in [0.717, 1.165) is 10.2 Å². The number of benzene rings is 1. The van der Waals surface area contributed by atoms with Gasteiger partial charge in [-0.2, -0.15) is 18.3 Å². The minimum atomic E-state index is -4.56. The third kappa shape index (κ3) is 3.65. The Morgan fingerprint density at radius 1 is 1.34 bits per heavy atom. The third-order valence-corrected chi connectivity index (χ3v) is 4.71. The average molecular weight is 406 g/mol. The molecule has 0 saturated carbocycles. The van der Waals surface area contributed by atoms with Crippen LogP contribution < -0.4 is 10.6 Å². The number of aryl methyl sites for hydroxylation is 1. The minimum Gasteiger partial charge on any atom is -0.506 e. The predicted molar refractivity (Wildman–Crippen MR) is 97.8 cm³/mol. The summed E-state index contributed by atoms with van der Waals surface area (Å²) in [6.07, 6.45) is -3.50. The molecule has 0 spiro atoms. The number of nitrogens with one attached hydrogen (secondary N) is 2. The summed E-state index contributed by atoms with van der Waals surface area (Å²) < 4.78 is 46.9. The Morgan fingerprint density at radius 3 is 2.83 bits per heavy atom. The molecule has 29 heavy (non-hydrogen) atoms. The fraction of sp³-hybridized carbons (Fsp3) is 0.263. The predicted octanol–water partition coefficient (Wildman–Crippen LogP) is 4.40. The van der Waals surface area contributed by atoms with Gasteiger partial charge in [0.05, 0.1) is 18.0 Å². The highest BCUT2D eigenvalue weighted by Crippen LogP contribution is 2.43. The van der Waals surface area contributed by atoms with Gasteiger partial charge < -0.3 is 20.2 Å². The fourth-order valence-corrected chi connectivity index (χ4v) is 3.30. The van der Waals surface area contributed by atoms with E-state index in [1.165, 1.54) is 18.4 Å². The molecule has 0 bridgehead atoms. The van der Waals surface area contributed by atoms with Crippen molar-refractivity contribution in [1.29, 1.82) is 0 Å². The number of phenols is 1. The van der Waals surface area contributed by atoms with E-state index in [1.807, 2.05) is 0 Å². The highest BCUT2D eigenvalue weighted by molar-refractivity contribution is 6.04. The molecule has 2 atom stereocenters. The molecule has 0 fully saturated rings. The molecule has 0 unspecified atom stereocenters. The maximum Gasteiger partial charge on any atom is 0.410 e. The lowest BCUT2D eigenvalue weighted by atomic mass is 10.0. The molecule has 0 radical (unpaired) electrons. The molecule has 4 rings (SSSR count). The molecular formula is C19H17F3N4O3. The molecule has 10 heteroatoms. The normalized spacial score (nSPS) is 18.8. The topological polar surface area (TPSA) is 92.3 Å². The summed E-state index contributed by atoms with van der Waals surface area (Å²) in [5.41, 5.74) is 0.736. The van der Waals surface area contributed by atoms with Gasteiger partial charge in [-0.3, -0.25) is 4.79 Å². The third-order valence-electron chi connectivity index (χ3n) is 4.71. The van der Waals surface area contributed by atoms with E-state index in [1.54, 1.807) is 31.2 Å². The SMILES string of the molecule is Cc1ccc(O)c(NC(=O)c2cc3n(n2)[C@H](C(F)(F)F)C[C@H](c2ccco2)N3)c1. The summed E-state index contributed by atoms with van der Waals surface area (Å²) in [4.78, 5) is 12.5. The Kier molecular flexibility index (Phi) is 4.48. The number of furan rings is 1. The monoisotopic (exact) mass is 406 g/mol. The summed E-state index contributed by atoms with van der Waals surface area (Å²) in [5, 5.41) is 19.2. The van der Waals surface area contributed by atoms with E-state index >= 15 is 0 Å². The zero-order chi connectivity index (χ0) is 20.8. The largest absolute Gasteiger partial charge is 0.506 e. The van der Waals surface area contributed by atoms with Gasteiger partial charge in [-0.15, -0.1) is 0 Å². The number of halogens is 3. The van der Waals surface area contributed by atoms with Gasteiger partial charge in [-0.1, -0.05) is 6.07 Å². The lowest BCUT2D eigenvalue weighted by Gasteiger charge is -2.32. The fourth-order valence-electron chi connectivity index (χ4n) is 3.30. The van der Waals surface area contributed by atoms with Crippen LogP contribution in [0.4, 0.5) is 24.7 Å². The number of alkyl halides is 3. The number of aromatic nitrogens is 2. The summed E-state index contributed by atoms with van der Waals surface area (Å²) in [5.74, 6) is -0.469. The zero-order valence-electron chi connectivity index (χ0n) is 15.2. The minimum absolute atomic E-state index is 0.0542. The zero-order valence-corrected chi connectivity index (χ0v) is 15.2. The second-order valence-corrected chi connectivity index (χ2v) is 6.84. The van der Waals surface area contributed by atoms with Crippen LogP contribution >= 0.6 is 0 Å². The number of fused-ring (bicyclic) bond motifs is 1. The first kappa shape index (κ1) is 18.9. The molecule has 1 aliphatic heterocycles. The van der Waals surface area contributed by atoms with E-state index in [0.29, 0.717) is 5.76 Å². The summed E-state index contributed by atoms with van der Waals surface area (Å²) >= 11 is 0. The van der Waals surface area contributed by atoms with Crippen LogP contribution in [-0.4, -0.2) is 27.0 Å². The second-order valence-electron chi connectivity index (χ2n) is 6.84. The number of aromatic hydroxyl groups is 1. The van der Waals surface area contributed by atoms with Crippen molar-refractivity contribution in [3.05, 3.63) is 59.7 Å². The molecular weight excluding hydrogens is 389 g/mol. The molecule has 0 saturated heterocycles. The standard InChI is InChI=1S/C19H17F3N4O3/c1-10-4-5-14(27)11(7-10)24-18(28)13-9-17-23-12(15-3-2-6-29-15)8-16(19(20,21)22)26(17)25-13/h2-7,9,12,16,23,27H,8H2,1H3,(H,24,28)/t12-,16+/m1/s1. The number of phenolic OH excluding ortho intramolecular Hbond substituents is 1. The van der Waals surface area contributed by atoms with E-state index in [2.05, 4.69) is 15.7 Å². The maximum atomic E-state index is 13.6. The van der Waals surface area contributed by atoms with Gasteiger partial charge in [0.25, 0.3) is 5.91 Å². The van der Waals surface area contributed by atoms with Crippen LogP contribution in [0.2, 0.25) is 0 Å². The smallest absolute Gasteiger partial charge is 0.410 e. The molecule has 7 nitrogen and oxygen atoms in total. The Labute approximate surface area is 163 Å². The maximum absolute atomic E-state index is 13.6. The first-order valence-electron chi connectivity index (χ1n) is 8.79. The van der Waals surface area contributed by atoms with Crippen molar-refractivity contribution in [3.8, 4) is 5.75 Å². The van der Waals surface area contributed by atoms with Crippen molar-refractivity contribution in [1.82, 2.24) is 9.78 Å². The number of nitrogens with zero attached hydrogens (tertiary/aromatic N) is 2. The van der Waals surface area contributed by atoms with E-state index in [9.17, 15) is 23.1 Å². The number of carbonyl (C=O) groups is 1. The van der Waals surface area contributed by atoms with E-state index in [4.69, 9.17) is 4.42 Å². The number of hydrogen-bond donors (Lipinski definition) is 3. The molecule has 2 aromatic heterocycles. The Morgan fingerprint density at radius 2 is 2.14 bits per heavy atom. The van der Waals surface area contributed by atoms with Gasteiger partial charge in [0.2, 0.25) is 0 Å². The van der Waals surface area contributed by atoms with Crippen LogP contribution in [0.25, 0.3) is 0 Å². The van der Waals surface area contributed by atoms with Crippen molar-refractivity contribution in [2.75, 3.05) is 10.6 Å². The van der Waals surface area contributed by atoms with Crippen molar-refractivity contribution in [2.45, 2.75) is 31.6 Å². The van der Waals surface area contributed by atoms with Gasteiger partial charge in [0.1, 0.15) is 17.3 Å². The van der Waals surface area contributed by atoms with Gasteiger partial charge in [-0.05, 0) is 36.8 Å². The molecule has 1 aromatic carbocycles. The molecule has 3 aromatic rings. The number of carbonyl (C=O) groups excluding carboxylic acids is 1. The van der Waals surface area contributed by atoms with Crippen LogP contribution in [0.15, 0.2) is 47.1 Å². The van der Waals surface area contributed by atoms with Crippen LogP contribution in [0.5, 0.6) is 5.75 Å². The van der Waals surface area contributed by atoms with Gasteiger partial charge >= 0.3 is 6.18 Å². The van der Waals surface area contributed by atoms with Crippen LogP contribution in [-0.2, 0) is 0 Å². The van der Waals surface area contributed by atoms with Crippen molar-refractivity contribution < 1.29 is 27.5 Å². The molecule has 1 amide bonds. The van der Waals surface area contributed by atoms with E-state index in [-0.39, 0.29) is 29.4 Å². The number of hydrogen-bond acceptors (Lipinski definition) is 5. The molecule has 1 aliphatic rings. The van der Waals surface area contributed by atoms with Crippen LogP contribution in [0, 0.1) is 6.92 Å². The Bertz CT molecular complexity index is 1040. The summed E-state index contributed by atoms with van der Waals surface area (Å²) in [6.45, 7) is 1.77. The second kappa shape index (κ2) is 6.87. The molecule has 0 aliphatic carbocycles. The van der Waals surface area contributed by atoms with E-state index < -0.39 is 24.2 Å². The summed E-state index contributed by atoms with van der Waals surface area (Å²) in [7, 11) is 0.